The smallest absolute Gasteiger partial charge is 0.269 e. The third-order valence-corrected chi connectivity index (χ3v) is 7.60. The highest BCUT2D eigenvalue weighted by molar-refractivity contribution is 6.10. The standard InChI is InChI=1S/C31H33N3O6/c1-17-6-12-23(19(3)14-17)32-29(36)27-25(35)16-31(5,38)28(26(27)21-8-10-22(11-9-21)34(39)40)30(37)33-24-13-7-18(2)15-20(24)4/h6-15,26-28,38H,16H2,1-5H3,(H,32,36)(H,33,37). The first-order valence-corrected chi connectivity index (χ1v) is 13.0. The summed E-state index contributed by atoms with van der Waals surface area (Å²) in [6, 6.07) is 16.4. The molecule has 1 aliphatic carbocycles. The lowest BCUT2D eigenvalue weighted by Gasteiger charge is -2.44. The number of rotatable bonds is 6. The second-order valence-corrected chi connectivity index (χ2v) is 10.9. The number of carbonyl (C=O) groups is 3. The number of anilines is 2. The highest BCUT2D eigenvalue weighted by Gasteiger charge is 2.56. The van der Waals surface area contributed by atoms with Gasteiger partial charge in [-0.25, -0.2) is 0 Å². The maximum absolute atomic E-state index is 13.9. The van der Waals surface area contributed by atoms with Crippen LogP contribution in [0.4, 0.5) is 17.1 Å². The minimum Gasteiger partial charge on any atom is -0.389 e. The number of non-ortho nitro benzene ring substituents is 1. The van der Waals surface area contributed by atoms with Gasteiger partial charge in [-0.2, -0.15) is 0 Å². The zero-order chi connectivity index (χ0) is 29.4. The van der Waals surface area contributed by atoms with E-state index < -0.39 is 52.3 Å². The summed E-state index contributed by atoms with van der Waals surface area (Å²) in [6.07, 6.45) is -0.410. The number of Topliss-reactive ketones (excluding diaryl/α,β-unsaturated/α-hetero) is 1. The molecule has 0 saturated heterocycles. The second-order valence-electron chi connectivity index (χ2n) is 10.9. The molecule has 0 bridgehead atoms. The fourth-order valence-corrected chi connectivity index (χ4v) is 5.64. The second kappa shape index (κ2) is 11.0. The van der Waals surface area contributed by atoms with Gasteiger partial charge in [0.25, 0.3) is 5.69 Å². The monoisotopic (exact) mass is 543 g/mol. The van der Waals surface area contributed by atoms with Crippen molar-refractivity contribution in [2.45, 2.75) is 52.6 Å². The Balaban J connectivity index is 1.80. The summed E-state index contributed by atoms with van der Waals surface area (Å²) in [5.41, 5.74) is 3.11. The predicted molar refractivity (Wildman–Crippen MR) is 152 cm³/mol. The first-order valence-electron chi connectivity index (χ1n) is 13.0. The van der Waals surface area contributed by atoms with Crippen molar-refractivity contribution in [1.29, 1.82) is 0 Å². The van der Waals surface area contributed by atoms with Crippen LogP contribution in [0.2, 0.25) is 0 Å². The summed E-state index contributed by atoms with van der Waals surface area (Å²) in [5.74, 6) is -5.32. The molecule has 3 aromatic carbocycles. The Bertz CT molecular complexity index is 1500. The molecule has 0 radical (unpaired) electrons. The Morgan fingerprint density at radius 2 is 1.38 bits per heavy atom. The minimum absolute atomic E-state index is 0.176. The summed E-state index contributed by atoms with van der Waals surface area (Å²) < 4.78 is 0. The van der Waals surface area contributed by atoms with Gasteiger partial charge in [0.2, 0.25) is 11.8 Å². The average Bonchev–Trinajstić information content (AvgIpc) is 2.86. The Hall–Kier alpha value is -4.37. The van der Waals surface area contributed by atoms with Crippen molar-refractivity contribution >= 4 is 34.7 Å². The van der Waals surface area contributed by atoms with Gasteiger partial charge < -0.3 is 15.7 Å². The van der Waals surface area contributed by atoms with Gasteiger partial charge in [-0.15, -0.1) is 0 Å². The summed E-state index contributed by atoms with van der Waals surface area (Å²) in [6.45, 7) is 8.95. The molecule has 1 aliphatic rings. The third kappa shape index (κ3) is 5.79. The maximum Gasteiger partial charge on any atom is 0.269 e. The Kier molecular flexibility index (Phi) is 7.88. The number of aryl methyl sites for hydroxylation is 4. The lowest BCUT2D eigenvalue weighted by molar-refractivity contribution is -0.384. The Morgan fingerprint density at radius 3 is 1.85 bits per heavy atom. The number of nitrogens with one attached hydrogen (secondary N) is 2. The van der Waals surface area contributed by atoms with Crippen molar-refractivity contribution < 1.29 is 24.4 Å². The summed E-state index contributed by atoms with van der Waals surface area (Å²) in [5, 5.41) is 28.5. The molecule has 40 heavy (non-hydrogen) atoms. The van der Waals surface area contributed by atoms with E-state index in [-0.39, 0.29) is 5.69 Å². The highest BCUT2D eigenvalue weighted by Crippen LogP contribution is 2.47. The normalized spacial score (nSPS) is 22.4. The van der Waals surface area contributed by atoms with Crippen LogP contribution < -0.4 is 10.6 Å². The van der Waals surface area contributed by atoms with Crippen molar-refractivity contribution in [3.63, 3.8) is 0 Å². The van der Waals surface area contributed by atoms with Crippen molar-refractivity contribution in [1.82, 2.24) is 0 Å². The van der Waals surface area contributed by atoms with Crippen LogP contribution in [0.3, 0.4) is 0 Å². The molecule has 9 nitrogen and oxygen atoms in total. The summed E-state index contributed by atoms with van der Waals surface area (Å²) in [4.78, 5) is 51.9. The number of amides is 2. The first-order chi connectivity index (χ1) is 18.8. The number of nitro benzene ring substituents is 1. The van der Waals surface area contributed by atoms with Gasteiger partial charge in [0.15, 0.2) is 0 Å². The molecule has 1 saturated carbocycles. The Labute approximate surface area is 232 Å². The van der Waals surface area contributed by atoms with Crippen molar-refractivity contribution in [2.75, 3.05) is 10.6 Å². The molecule has 3 N–H and O–H groups in total. The van der Waals surface area contributed by atoms with Gasteiger partial charge in [-0.1, -0.05) is 47.5 Å². The van der Waals surface area contributed by atoms with Crippen LogP contribution in [-0.2, 0) is 14.4 Å². The first kappa shape index (κ1) is 28.6. The average molecular weight is 544 g/mol. The molecule has 0 spiro atoms. The van der Waals surface area contributed by atoms with Crippen molar-refractivity contribution in [3.05, 3.63) is 98.6 Å². The van der Waals surface area contributed by atoms with E-state index in [1.807, 2.05) is 52.0 Å². The van der Waals surface area contributed by atoms with Crippen LogP contribution in [0, 0.1) is 49.6 Å². The predicted octanol–water partition coefficient (Wildman–Crippen LogP) is 5.15. The molecule has 9 heteroatoms. The van der Waals surface area contributed by atoms with E-state index >= 15 is 0 Å². The van der Waals surface area contributed by atoms with E-state index in [1.54, 1.807) is 12.1 Å². The maximum atomic E-state index is 13.9. The highest BCUT2D eigenvalue weighted by atomic mass is 16.6. The number of nitro groups is 1. The van der Waals surface area contributed by atoms with Crippen LogP contribution in [0.25, 0.3) is 0 Å². The zero-order valence-electron chi connectivity index (χ0n) is 23.1. The van der Waals surface area contributed by atoms with Crippen LogP contribution in [-0.4, -0.2) is 33.2 Å². The number of ketones is 1. The van der Waals surface area contributed by atoms with Crippen LogP contribution in [0.1, 0.15) is 47.1 Å². The SMILES string of the molecule is Cc1ccc(NC(=O)C2C(=O)CC(C)(O)C(C(=O)Nc3ccc(C)cc3C)C2c2ccc([N+](=O)[O-])cc2)c(C)c1. The number of carbonyl (C=O) groups excluding carboxylic acids is 3. The molecule has 4 unspecified atom stereocenters. The van der Waals surface area contributed by atoms with Crippen LogP contribution in [0.5, 0.6) is 0 Å². The lowest BCUT2D eigenvalue weighted by Crippen LogP contribution is -2.56. The number of hydrogen-bond donors (Lipinski definition) is 3. The van der Waals surface area contributed by atoms with E-state index in [4.69, 9.17) is 0 Å². The van der Waals surface area contributed by atoms with E-state index in [1.165, 1.54) is 31.2 Å². The van der Waals surface area contributed by atoms with Crippen LogP contribution >= 0.6 is 0 Å². The summed E-state index contributed by atoms with van der Waals surface area (Å²) >= 11 is 0. The Morgan fingerprint density at radius 1 is 0.875 bits per heavy atom. The molecule has 4 rings (SSSR count). The van der Waals surface area contributed by atoms with Gasteiger partial charge in [0.1, 0.15) is 11.7 Å². The molecule has 4 atom stereocenters. The minimum atomic E-state index is -1.79. The largest absolute Gasteiger partial charge is 0.389 e. The van der Waals surface area contributed by atoms with Crippen molar-refractivity contribution in [2.24, 2.45) is 11.8 Å². The van der Waals surface area contributed by atoms with Crippen LogP contribution in [0.15, 0.2) is 60.7 Å². The lowest BCUT2D eigenvalue weighted by atomic mass is 9.61. The van der Waals surface area contributed by atoms with E-state index in [2.05, 4.69) is 10.6 Å². The summed E-state index contributed by atoms with van der Waals surface area (Å²) in [7, 11) is 0. The van der Waals surface area contributed by atoms with Gasteiger partial charge in [0, 0.05) is 35.8 Å². The van der Waals surface area contributed by atoms with Gasteiger partial charge in [-0.05, 0) is 63.4 Å². The molecule has 2 amide bonds. The number of aliphatic hydroxyl groups is 1. The van der Waals surface area contributed by atoms with Gasteiger partial charge in [-0.3, -0.25) is 24.5 Å². The molecular weight excluding hydrogens is 510 g/mol. The number of hydrogen-bond acceptors (Lipinski definition) is 6. The van der Waals surface area contributed by atoms with E-state index in [0.29, 0.717) is 16.9 Å². The van der Waals surface area contributed by atoms with E-state index in [9.17, 15) is 29.6 Å². The fourth-order valence-electron chi connectivity index (χ4n) is 5.64. The molecule has 208 valence electrons. The zero-order valence-corrected chi connectivity index (χ0v) is 23.1. The van der Waals surface area contributed by atoms with Gasteiger partial charge in [0.05, 0.1) is 16.4 Å². The van der Waals surface area contributed by atoms with E-state index in [0.717, 1.165) is 22.3 Å². The molecule has 3 aromatic rings. The third-order valence-electron chi connectivity index (χ3n) is 7.60. The molecule has 1 fully saturated rings. The number of nitrogens with zero attached hydrogens (tertiary/aromatic N) is 1. The van der Waals surface area contributed by atoms with Crippen molar-refractivity contribution in [3.8, 4) is 0 Å². The fraction of sp³-hybridized carbons (Fsp3) is 0.323. The molecule has 0 aromatic heterocycles. The van der Waals surface area contributed by atoms with Gasteiger partial charge >= 0.3 is 0 Å². The number of benzene rings is 3. The molecular formula is C31H33N3O6. The molecule has 0 heterocycles. The molecule has 0 aliphatic heterocycles. The topological polar surface area (TPSA) is 139 Å². The quantitative estimate of drug-likeness (QED) is 0.223.